The number of aryl methyl sites for hydroxylation is 2. The molecule has 9 aromatic carbocycles. The lowest BCUT2D eigenvalue weighted by atomic mass is 9.80. The molecule has 2 aliphatic rings. The summed E-state index contributed by atoms with van der Waals surface area (Å²) in [6.45, 7) is 14.1. The molecule has 11 rings (SSSR count). The zero-order valence-corrected chi connectivity index (χ0v) is 34.7. The highest BCUT2D eigenvalue weighted by Crippen LogP contribution is 2.57. The van der Waals surface area contributed by atoms with Crippen molar-refractivity contribution in [1.29, 1.82) is 0 Å². The van der Waals surface area contributed by atoms with Crippen LogP contribution >= 0.6 is 0 Å². The summed E-state index contributed by atoms with van der Waals surface area (Å²) in [7, 11) is 0. The second kappa shape index (κ2) is 12.9. The third-order valence-corrected chi connectivity index (χ3v) is 13.6. The van der Waals surface area contributed by atoms with Crippen LogP contribution in [0.15, 0.2) is 176 Å². The van der Waals surface area contributed by atoms with Gasteiger partial charge < -0.3 is 4.90 Å². The van der Waals surface area contributed by atoms with Crippen molar-refractivity contribution in [3.63, 3.8) is 0 Å². The van der Waals surface area contributed by atoms with Crippen LogP contribution in [-0.2, 0) is 10.8 Å². The molecule has 0 amide bonds. The minimum atomic E-state index is -0.207. The zero-order chi connectivity index (χ0) is 40.2. The lowest BCUT2D eigenvalue weighted by Gasteiger charge is -2.31. The van der Waals surface area contributed by atoms with Gasteiger partial charge in [-0.2, -0.15) is 0 Å². The highest BCUT2D eigenvalue weighted by Gasteiger charge is 2.40. The minimum absolute atomic E-state index is 0.207. The van der Waals surface area contributed by atoms with Gasteiger partial charge in [0.2, 0.25) is 0 Å². The van der Waals surface area contributed by atoms with Crippen molar-refractivity contribution >= 4 is 38.6 Å². The molecule has 9 aromatic rings. The fourth-order valence-corrected chi connectivity index (χ4v) is 10.6. The van der Waals surface area contributed by atoms with E-state index in [2.05, 4.69) is 222 Å². The third kappa shape index (κ3) is 5.24. The number of nitrogens with zero attached hydrogens (tertiary/aromatic N) is 1. The Morgan fingerprint density at radius 2 is 0.780 bits per heavy atom. The summed E-state index contributed by atoms with van der Waals surface area (Å²) in [5.41, 5.74) is 21.7. The molecule has 0 heterocycles. The Hall–Kier alpha value is -6.70. The average molecular weight is 758 g/mol. The topological polar surface area (TPSA) is 3.24 Å². The van der Waals surface area contributed by atoms with E-state index in [9.17, 15) is 0 Å². The van der Waals surface area contributed by atoms with E-state index in [1.165, 1.54) is 116 Å². The van der Waals surface area contributed by atoms with E-state index < -0.39 is 0 Å². The van der Waals surface area contributed by atoms with Gasteiger partial charge in [0.1, 0.15) is 0 Å². The van der Waals surface area contributed by atoms with Gasteiger partial charge in [0, 0.05) is 27.9 Å². The van der Waals surface area contributed by atoms with Gasteiger partial charge in [0.05, 0.1) is 0 Å². The highest BCUT2D eigenvalue weighted by atomic mass is 15.1. The van der Waals surface area contributed by atoms with E-state index in [0.717, 1.165) is 0 Å². The van der Waals surface area contributed by atoms with E-state index in [1.807, 2.05) is 0 Å². The van der Waals surface area contributed by atoms with Crippen LogP contribution in [0.3, 0.4) is 0 Å². The van der Waals surface area contributed by atoms with Crippen molar-refractivity contribution in [3.8, 4) is 44.5 Å². The van der Waals surface area contributed by atoms with E-state index >= 15 is 0 Å². The first-order chi connectivity index (χ1) is 28.6. The Morgan fingerprint density at radius 1 is 0.356 bits per heavy atom. The average Bonchev–Trinajstić information content (AvgIpc) is 3.63. The molecule has 0 saturated heterocycles. The van der Waals surface area contributed by atoms with Gasteiger partial charge in [-0.05, 0) is 150 Å². The molecule has 0 aliphatic heterocycles. The Morgan fingerprint density at radius 3 is 1.22 bits per heavy atom. The Bertz CT molecular complexity index is 2980. The maximum absolute atomic E-state index is 2.51. The van der Waals surface area contributed by atoms with Crippen LogP contribution in [0, 0.1) is 13.8 Å². The molecule has 0 bridgehead atoms. The van der Waals surface area contributed by atoms with Gasteiger partial charge in [-0.25, -0.2) is 0 Å². The van der Waals surface area contributed by atoms with Crippen LogP contribution in [0.5, 0.6) is 0 Å². The van der Waals surface area contributed by atoms with E-state index in [-0.39, 0.29) is 10.8 Å². The van der Waals surface area contributed by atoms with Crippen molar-refractivity contribution in [1.82, 2.24) is 0 Å². The van der Waals surface area contributed by atoms with Gasteiger partial charge in [-0.3, -0.25) is 0 Å². The van der Waals surface area contributed by atoms with Gasteiger partial charge in [0.25, 0.3) is 0 Å². The fourth-order valence-electron chi connectivity index (χ4n) is 10.6. The monoisotopic (exact) mass is 757 g/mol. The van der Waals surface area contributed by atoms with Gasteiger partial charge in [-0.15, -0.1) is 0 Å². The number of hydrogen-bond acceptors (Lipinski definition) is 1. The Labute approximate surface area is 348 Å². The molecule has 284 valence electrons. The van der Waals surface area contributed by atoms with Crippen LogP contribution in [0.1, 0.15) is 61.1 Å². The fraction of sp³-hybridized carbons (Fsp3) is 0.138. The molecule has 0 radical (unpaired) electrons. The molecular weight excluding hydrogens is 711 g/mol. The van der Waals surface area contributed by atoms with Crippen molar-refractivity contribution in [2.24, 2.45) is 0 Å². The standard InChI is InChI=1S/C58H47N/c1-36-25-30-54(37(2)31-36)59(40-26-28-46-50(32-40)57(3,4)52-34-48(38-17-9-7-10-18-38)42-21-13-15-23-44(42)55(46)52)41-27-29-47-51(33-41)58(5,6)53-35-49(39-19-11-8-12-20-39)43-22-14-16-24-45(43)56(47)53/h7-35H,1-6H3. The maximum Gasteiger partial charge on any atom is 0.0490 e. The maximum atomic E-state index is 2.51. The van der Waals surface area contributed by atoms with E-state index in [4.69, 9.17) is 0 Å². The van der Waals surface area contributed by atoms with Gasteiger partial charge in [0.15, 0.2) is 0 Å². The predicted molar refractivity (Wildman–Crippen MR) is 252 cm³/mol. The molecular formula is C58H47N. The lowest BCUT2D eigenvalue weighted by molar-refractivity contribution is 0.660. The van der Waals surface area contributed by atoms with Crippen LogP contribution in [0.4, 0.5) is 17.1 Å². The first-order valence-corrected chi connectivity index (χ1v) is 21.0. The smallest absolute Gasteiger partial charge is 0.0490 e. The summed E-state index contributed by atoms with van der Waals surface area (Å²) in [5.74, 6) is 0. The minimum Gasteiger partial charge on any atom is -0.310 e. The number of fused-ring (bicyclic) bond motifs is 10. The molecule has 0 spiro atoms. The first-order valence-electron chi connectivity index (χ1n) is 21.0. The van der Waals surface area contributed by atoms with Crippen LogP contribution in [0.25, 0.3) is 66.1 Å². The number of hydrogen-bond donors (Lipinski definition) is 0. The third-order valence-electron chi connectivity index (χ3n) is 13.6. The summed E-state index contributed by atoms with van der Waals surface area (Å²) in [6.07, 6.45) is 0. The second-order valence-corrected chi connectivity index (χ2v) is 17.9. The number of rotatable bonds is 5. The summed E-state index contributed by atoms with van der Waals surface area (Å²) in [4.78, 5) is 2.51. The molecule has 2 aliphatic carbocycles. The van der Waals surface area contributed by atoms with Crippen molar-refractivity contribution in [3.05, 3.63) is 209 Å². The molecule has 0 unspecified atom stereocenters. The van der Waals surface area contributed by atoms with Gasteiger partial charge in [-0.1, -0.05) is 167 Å². The highest BCUT2D eigenvalue weighted by molar-refractivity contribution is 6.11. The van der Waals surface area contributed by atoms with Crippen LogP contribution in [0.2, 0.25) is 0 Å². The van der Waals surface area contributed by atoms with Crippen molar-refractivity contribution in [2.75, 3.05) is 4.90 Å². The summed E-state index contributed by atoms with van der Waals surface area (Å²) < 4.78 is 0. The number of anilines is 3. The summed E-state index contributed by atoms with van der Waals surface area (Å²) >= 11 is 0. The largest absolute Gasteiger partial charge is 0.310 e. The van der Waals surface area contributed by atoms with Crippen molar-refractivity contribution < 1.29 is 0 Å². The van der Waals surface area contributed by atoms with Crippen LogP contribution in [-0.4, -0.2) is 0 Å². The molecule has 59 heavy (non-hydrogen) atoms. The predicted octanol–water partition coefficient (Wildman–Crippen LogP) is 16.0. The van der Waals surface area contributed by atoms with E-state index in [1.54, 1.807) is 0 Å². The SMILES string of the molecule is Cc1ccc(N(c2ccc3c(c2)C(C)(C)c2cc(-c4ccccc4)c4ccccc4c2-3)c2ccc3c(c2)C(C)(C)c2cc(-c4ccccc4)c4ccccc4c2-3)c(C)c1. The van der Waals surface area contributed by atoms with E-state index in [0.29, 0.717) is 0 Å². The molecule has 0 aromatic heterocycles. The normalized spacial score (nSPS) is 14.2. The Kier molecular flexibility index (Phi) is 7.75. The van der Waals surface area contributed by atoms with Gasteiger partial charge >= 0.3 is 0 Å². The Balaban J connectivity index is 1.10. The molecule has 1 heteroatoms. The van der Waals surface area contributed by atoms with Crippen LogP contribution < -0.4 is 4.90 Å². The first kappa shape index (κ1) is 35.5. The lowest BCUT2D eigenvalue weighted by Crippen LogP contribution is -2.18. The quantitative estimate of drug-likeness (QED) is 0.169. The molecule has 0 N–H and O–H groups in total. The summed E-state index contributed by atoms with van der Waals surface area (Å²) in [5, 5.41) is 5.23. The second-order valence-electron chi connectivity index (χ2n) is 17.9. The molecule has 0 atom stereocenters. The molecule has 0 fully saturated rings. The summed E-state index contributed by atoms with van der Waals surface area (Å²) in [6, 6.07) is 66.0. The molecule has 1 nitrogen and oxygen atoms in total. The van der Waals surface area contributed by atoms with Crippen molar-refractivity contribution in [2.45, 2.75) is 52.4 Å². The zero-order valence-electron chi connectivity index (χ0n) is 34.7. The number of benzene rings is 9. The molecule has 0 saturated carbocycles.